The van der Waals surface area contributed by atoms with E-state index < -0.39 is 11.2 Å². The second-order valence-corrected chi connectivity index (χ2v) is 6.32. The fourth-order valence-corrected chi connectivity index (χ4v) is 3.16. The highest BCUT2D eigenvalue weighted by Crippen LogP contribution is 2.24. The quantitative estimate of drug-likeness (QED) is 0.446. The Kier molecular flexibility index (Phi) is 4.30. The standard InChI is InChI=1S/C19H16N4O2S/c24-18-16-17(21-19(25)22(18)11-6-12-26)23(13-7-2-1-3-8-13)15-10-5-4-9-14(15)20-16/h1-5,7-10,26H,6,11-12H2. The van der Waals surface area contributed by atoms with Crippen LogP contribution in [0.1, 0.15) is 6.42 Å². The summed E-state index contributed by atoms with van der Waals surface area (Å²) < 4.78 is 2.94. The molecule has 0 unspecified atom stereocenters. The predicted octanol–water partition coefficient (Wildman–Crippen LogP) is 2.37. The number of fused-ring (bicyclic) bond motifs is 2. The SMILES string of the molecule is O=c1nc2n(-c3ccccc3)c3ccccc3nc-2c(=O)n1CCCS. The average Bonchev–Trinajstić information content (AvgIpc) is 2.67. The third-order valence-electron chi connectivity index (χ3n) is 4.21. The largest absolute Gasteiger partial charge is 0.352 e. The normalized spacial score (nSPS) is 11.3. The molecule has 7 heteroatoms. The molecule has 0 bridgehead atoms. The lowest BCUT2D eigenvalue weighted by molar-refractivity contribution is 0.615. The summed E-state index contributed by atoms with van der Waals surface area (Å²) in [5.74, 6) is 0.853. The van der Waals surface area contributed by atoms with Gasteiger partial charge in [0.25, 0.3) is 5.56 Å². The first-order valence-corrected chi connectivity index (χ1v) is 8.92. The number of benzene rings is 2. The molecule has 2 aromatic rings. The molecule has 2 aliphatic heterocycles. The molecular formula is C19H16N4O2S. The van der Waals surface area contributed by atoms with E-state index in [4.69, 9.17) is 0 Å². The van der Waals surface area contributed by atoms with E-state index >= 15 is 0 Å². The van der Waals surface area contributed by atoms with E-state index in [0.29, 0.717) is 17.7 Å². The van der Waals surface area contributed by atoms with Gasteiger partial charge in [-0.25, -0.2) is 9.78 Å². The molecule has 0 spiro atoms. The number of rotatable bonds is 4. The Balaban J connectivity index is 2.13. The van der Waals surface area contributed by atoms with E-state index in [9.17, 15) is 9.59 Å². The number of nitrogens with zero attached hydrogens (tertiary/aromatic N) is 4. The van der Waals surface area contributed by atoms with Crippen LogP contribution in [0.4, 0.5) is 0 Å². The summed E-state index contributed by atoms with van der Waals surface area (Å²) in [6, 6.07) is 17.0. The predicted molar refractivity (Wildman–Crippen MR) is 104 cm³/mol. The van der Waals surface area contributed by atoms with Crippen LogP contribution in [0.5, 0.6) is 0 Å². The first-order valence-electron chi connectivity index (χ1n) is 8.29. The van der Waals surface area contributed by atoms with Crippen LogP contribution < -0.4 is 11.2 Å². The maximum atomic E-state index is 12.9. The molecule has 6 nitrogen and oxygen atoms in total. The van der Waals surface area contributed by atoms with Crippen molar-refractivity contribution in [1.82, 2.24) is 19.1 Å². The lowest BCUT2D eigenvalue weighted by Gasteiger charge is -2.17. The smallest absolute Gasteiger partial charge is 0.291 e. The van der Waals surface area contributed by atoms with Gasteiger partial charge in [-0.15, -0.1) is 0 Å². The molecule has 2 heterocycles. The summed E-state index contributed by atoms with van der Waals surface area (Å²) in [5.41, 5.74) is 1.47. The van der Waals surface area contributed by atoms with Gasteiger partial charge in [-0.1, -0.05) is 30.3 Å². The summed E-state index contributed by atoms with van der Waals surface area (Å²) in [7, 11) is 0. The van der Waals surface area contributed by atoms with Gasteiger partial charge in [0.1, 0.15) is 0 Å². The molecule has 0 aliphatic carbocycles. The third-order valence-corrected chi connectivity index (χ3v) is 4.53. The molecule has 0 saturated heterocycles. The number of para-hydroxylation sites is 3. The Morgan fingerprint density at radius 3 is 2.42 bits per heavy atom. The maximum absolute atomic E-state index is 12.9. The Morgan fingerprint density at radius 1 is 0.923 bits per heavy atom. The molecule has 0 aromatic heterocycles. The second-order valence-electron chi connectivity index (χ2n) is 5.87. The fraction of sp³-hybridized carbons (Fsp3) is 0.158. The summed E-state index contributed by atoms with van der Waals surface area (Å²) >= 11 is 4.15. The first kappa shape index (κ1) is 16.5. The van der Waals surface area contributed by atoms with Crippen molar-refractivity contribution in [2.24, 2.45) is 0 Å². The van der Waals surface area contributed by atoms with Gasteiger partial charge in [-0.3, -0.25) is 13.9 Å². The average molecular weight is 364 g/mol. The van der Waals surface area contributed by atoms with E-state index in [1.807, 2.05) is 59.2 Å². The molecule has 0 fully saturated rings. The van der Waals surface area contributed by atoms with Crippen molar-refractivity contribution in [2.45, 2.75) is 13.0 Å². The van der Waals surface area contributed by atoms with Crippen molar-refractivity contribution in [3.05, 3.63) is 75.4 Å². The van der Waals surface area contributed by atoms with Gasteiger partial charge in [0, 0.05) is 12.2 Å². The zero-order valence-corrected chi connectivity index (χ0v) is 14.8. The van der Waals surface area contributed by atoms with E-state index in [0.717, 1.165) is 15.8 Å². The van der Waals surface area contributed by atoms with Crippen LogP contribution in [0.25, 0.3) is 28.2 Å². The Bertz CT molecular complexity index is 1170. The van der Waals surface area contributed by atoms with Gasteiger partial charge >= 0.3 is 5.69 Å². The minimum absolute atomic E-state index is 0.186. The zero-order valence-electron chi connectivity index (χ0n) is 13.9. The molecule has 0 amide bonds. The molecule has 0 radical (unpaired) electrons. The third kappa shape index (κ3) is 2.70. The van der Waals surface area contributed by atoms with Crippen LogP contribution in [-0.4, -0.2) is 24.9 Å². The first-order chi connectivity index (χ1) is 12.7. The summed E-state index contributed by atoms with van der Waals surface area (Å²) in [4.78, 5) is 34.1. The van der Waals surface area contributed by atoms with Crippen LogP contribution in [0.3, 0.4) is 0 Å². The molecule has 2 aliphatic rings. The molecule has 0 N–H and O–H groups in total. The summed E-state index contributed by atoms with van der Waals surface area (Å²) in [6.45, 7) is 0.282. The van der Waals surface area contributed by atoms with E-state index in [2.05, 4.69) is 22.6 Å². The van der Waals surface area contributed by atoms with E-state index in [-0.39, 0.29) is 18.1 Å². The topological polar surface area (TPSA) is 69.8 Å². The minimum Gasteiger partial charge on any atom is -0.291 e. The van der Waals surface area contributed by atoms with Gasteiger partial charge in [-0.05, 0) is 36.4 Å². The Labute approximate surface area is 154 Å². The fourth-order valence-electron chi connectivity index (χ4n) is 3.01. The summed E-state index contributed by atoms with van der Waals surface area (Å²) in [5, 5.41) is 0. The van der Waals surface area contributed by atoms with Gasteiger partial charge in [0.05, 0.1) is 11.0 Å². The molecule has 26 heavy (non-hydrogen) atoms. The Morgan fingerprint density at radius 2 is 1.65 bits per heavy atom. The molecule has 0 atom stereocenters. The molecule has 2 aromatic carbocycles. The number of thiol groups is 1. The summed E-state index contributed by atoms with van der Waals surface area (Å²) in [6.07, 6.45) is 0.609. The van der Waals surface area contributed by atoms with Crippen molar-refractivity contribution < 1.29 is 0 Å². The van der Waals surface area contributed by atoms with Crippen LogP contribution in [0.15, 0.2) is 64.2 Å². The van der Waals surface area contributed by atoms with Crippen LogP contribution >= 0.6 is 12.6 Å². The van der Waals surface area contributed by atoms with Gasteiger partial charge < -0.3 is 0 Å². The monoisotopic (exact) mass is 364 g/mol. The van der Waals surface area contributed by atoms with Gasteiger partial charge in [0.15, 0.2) is 11.5 Å². The van der Waals surface area contributed by atoms with Gasteiger partial charge in [-0.2, -0.15) is 17.6 Å². The molecule has 4 rings (SSSR count). The van der Waals surface area contributed by atoms with Crippen molar-refractivity contribution in [3.63, 3.8) is 0 Å². The van der Waals surface area contributed by atoms with Crippen LogP contribution in [0.2, 0.25) is 0 Å². The molecular weight excluding hydrogens is 348 g/mol. The highest BCUT2D eigenvalue weighted by atomic mass is 32.1. The maximum Gasteiger partial charge on any atom is 0.352 e. The highest BCUT2D eigenvalue weighted by Gasteiger charge is 2.21. The van der Waals surface area contributed by atoms with Crippen molar-refractivity contribution in [1.29, 1.82) is 0 Å². The molecule has 130 valence electrons. The van der Waals surface area contributed by atoms with Crippen molar-refractivity contribution >= 4 is 23.7 Å². The van der Waals surface area contributed by atoms with Crippen LogP contribution in [0, 0.1) is 0 Å². The highest BCUT2D eigenvalue weighted by molar-refractivity contribution is 7.80. The van der Waals surface area contributed by atoms with E-state index in [1.54, 1.807) is 0 Å². The van der Waals surface area contributed by atoms with Gasteiger partial charge in [0.2, 0.25) is 0 Å². The lowest BCUT2D eigenvalue weighted by atomic mass is 10.2. The minimum atomic E-state index is -0.564. The second kappa shape index (κ2) is 6.76. The van der Waals surface area contributed by atoms with E-state index in [1.165, 1.54) is 0 Å². The number of hydrogen-bond donors (Lipinski definition) is 1. The number of aromatic nitrogens is 4. The zero-order chi connectivity index (χ0) is 18.1. The van der Waals surface area contributed by atoms with Crippen molar-refractivity contribution in [2.75, 3.05) is 5.75 Å². The molecule has 0 saturated carbocycles. The Hall–Kier alpha value is -2.93. The lowest BCUT2D eigenvalue weighted by Crippen LogP contribution is -2.38. The number of hydrogen-bond acceptors (Lipinski definition) is 5. The van der Waals surface area contributed by atoms with Crippen molar-refractivity contribution in [3.8, 4) is 17.2 Å². The van der Waals surface area contributed by atoms with Crippen LogP contribution in [-0.2, 0) is 6.54 Å².